The first-order chi connectivity index (χ1) is 10.3. The molecule has 3 rings (SSSR count). The molecular weight excluding hydrogens is 354 g/mol. The number of halogens is 1. The minimum atomic E-state index is 0.523. The molecule has 3 aromatic rings. The number of thioether (sulfide) groups is 1. The first-order valence-corrected chi connectivity index (χ1v) is 8.13. The van der Waals surface area contributed by atoms with E-state index in [1.807, 2.05) is 35.8 Å². The minimum Gasteiger partial charge on any atom is -0.420 e. The fourth-order valence-corrected chi connectivity index (χ4v) is 2.80. The molecule has 0 bridgehead atoms. The van der Waals surface area contributed by atoms with Crippen LogP contribution in [0.4, 0.5) is 0 Å². The average molecular weight is 366 g/mol. The van der Waals surface area contributed by atoms with Gasteiger partial charge in [0.2, 0.25) is 11.8 Å². The van der Waals surface area contributed by atoms with E-state index in [4.69, 9.17) is 4.42 Å². The van der Waals surface area contributed by atoms with Crippen molar-refractivity contribution in [2.45, 2.75) is 24.4 Å². The summed E-state index contributed by atoms with van der Waals surface area (Å²) in [7, 11) is 0. The highest BCUT2D eigenvalue weighted by atomic mass is 79.9. The molecule has 8 heteroatoms. The van der Waals surface area contributed by atoms with Crippen LogP contribution in [0.25, 0.3) is 11.5 Å². The van der Waals surface area contributed by atoms with E-state index in [2.05, 4.69) is 36.3 Å². The second kappa shape index (κ2) is 6.40. The van der Waals surface area contributed by atoms with Crippen LogP contribution in [0.2, 0.25) is 0 Å². The van der Waals surface area contributed by atoms with Gasteiger partial charge < -0.3 is 8.98 Å². The molecule has 0 aliphatic carbocycles. The molecule has 6 nitrogen and oxygen atoms in total. The van der Waals surface area contributed by atoms with Crippen LogP contribution >= 0.6 is 27.7 Å². The molecule has 0 N–H and O–H groups in total. The topological polar surface area (TPSA) is 69.6 Å². The Labute approximate surface area is 134 Å². The Morgan fingerprint density at radius 2 is 2.00 bits per heavy atom. The predicted molar refractivity (Wildman–Crippen MR) is 82.7 cm³/mol. The van der Waals surface area contributed by atoms with Crippen molar-refractivity contribution in [3.05, 3.63) is 41.0 Å². The molecule has 0 amide bonds. The van der Waals surface area contributed by atoms with Gasteiger partial charge in [-0.3, -0.25) is 0 Å². The van der Waals surface area contributed by atoms with E-state index in [0.29, 0.717) is 17.5 Å². The van der Waals surface area contributed by atoms with E-state index < -0.39 is 0 Å². The van der Waals surface area contributed by atoms with E-state index in [1.54, 1.807) is 6.33 Å². The van der Waals surface area contributed by atoms with Gasteiger partial charge in [0.05, 0.1) is 5.75 Å². The van der Waals surface area contributed by atoms with Crippen LogP contribution in [-0.2, 0) is 12.3 Å². The van der Waals surface area contributed by atoms with Crippen molar-refractivity contribution in [3.63, 3.8) is 0 Å². The Kier molecular flexibility index (Phi) is 4.35. The Morgan fingerprint density at radius 1 is 1.19 bits per heavy atom. The monoisotopic (exact) mass is 365 g/mol. The number of hydrogen-bond donors (Lipinski definition) is 0. The van der Waals surface area contributed by atoms with Crippen molar-refractivity contribution in [3.8, 4) is 11.5 Å². The third-order valence-corrected chi connectivity index (χ3v) is 4.30. The van der Waals surface area contributed by atoms with Crippen LogP contribution in [-0.4, -0.2) is 25.0 Å². The number of aromatic nitrogens is 5. The molecule has 0 unspecified atom stereocenters. The minimum absolute atomic E-state index is 0.523. The van der Waals surface area contributed by atoms with Gasteiger partial charge in [-0.25, -0.2) is 0 Å². The van der Waals surface area contributed by atoms with Crippen LogP contribution in [0.3, 0.4) is 0 Å². The van der Waals surface area contributed by atoms with Gasteiger partial charge in [-0.2, -0.15) is 0 Å². The third-order valence-electron chi connectivity index (χ3n) is 2.80. The predicted octanol–water partition coefficient (Wildman–Crippen LogP) is 3.40. The molecule has 0 radical (unpaired) electrons. The molecule has 0 atom stereocenters. The molecule has 0 spiro atoms. The SMILES string of the molecule is CCn1cnnc1SCc1nnc(-c2ccc(Br)cc2)o1. The maximum atomic E-state index is 5.67. The highest BCUT2D eigenvalue weighted by Gasteiger charge is 2.11. The van der Waals surface area contributed by atoms with E-state index in [9.17, 15) is 0 Å². The molecule has 21 heavy (non-hydrogen) atoms. The summed E-state index contributed by atoms with van der Waals surface area (Å²) >= 11 is 4.93. The summed E-state index contributed by atoms with van der Waals surface area (Å²) in [5.74, 6) is 1.67. The highest BCUT2D eigenvalue weighted by Crippen LogP contribution is 2.24. The third kappa shape index (κ3) is 3.33. The van der Waals surface area contributed by atoms with Crippen LogP contribution in [0, 0.1) is 0 Å². The highest BCUT2D eigenvalue weighted by molar-refractivity contribution is 9.10. The lowest BCUT2D eigenvalue weighted by Gasteiger charge is -1.99. The zero-order chi connectivity index (χ0) is 14.7. The van der Waals surface area contributed by atoms with Crippen LogP contribution in [0.15, 0.2) is 44.6 Å². The van der Waals surface area contributed by atoms with Gasteiger partial charge in [-0.05, 0) is 31.2 Å². The number of aryl methyl sites for hydroxylation is 1. The first-order valence-electron chi connectivity index (χ1n) is 6.35. The largest absolute Gasteiger partial charge is 0.420 e. The Hall–Kier alpha value is -1.67. The van der Waals surface area contributed by atoms with Crippen molar-refractivity contribution in [1.82, 2.24) is 25.0 Å². The van der Waals surface area contributed by atoms with E-state index in [0.717, 1.165) is 21.7 Å². The van der Waals surface area contributed by atoms with Crippen molar-refractivity contribution in [2.24, 2.45) is 0 Å². The van der Waals surface area contributed by atoms with E-state index >= 15 is 0 Å². The summed E-state index contributed by atoms with van der Waals surface area (Å²) in [6.45, 7) is 2.88. The van der Waals surface area contributed by atoms with Crippen molar-refractivity contribution in [1.29, 1.82) is 0 Å². The standard InChI is InChI=1S/C13H12BrN5OS/c1-2-19-8-15-18-13(19)21-7-11-16-17-12(20-11)9-3-5-10(14)6-4-9/h3-6,8H,2,7H2,1H3. The van der Waals surface area contributed by atoms with E-state index in [-0.39, 0.29) is 0 Å². The Morgan fingerprint density at radius 3 is 2.76 bits per heavy atom. The average Bonchev–Trinajstić information content (AvgIpc) is 3.14. The van der Waals surface area contributed by atoms with Gasteiger partial charge >= 0.3 is 0 Å². The fraction of sp³-hybridized carbons (Fsp3) is 0.231. The van der Waals surface area contributed by atoms with Crippen LogP contribution in [0.5, 0.6) is 0 Å². The lowest BCUT2D eigenvalue weighted by atomic mass is 10.2. The van der Waals surface area contributed by atoms with Gasteiger partial charge in [0, 0.05) is 16.6 Å². The van der Waals surface area contributed by atoms with Gasteiger partial charge in [0.1, 0.15) is 6.33 Å². The number of nitrogens with zero attached hydrogens (tertiary/aromatic N) is 5. The smallest absolute Gasteiger partial charge is 0.247 e. The van der Waals surface area contributed by atoms with Gasteiger partial charge in [-0.1, -0.05) is 27.7 Å². The zero-order valence-corrected chi connectivity index (χ0v) is 13.6. The number of benzene rings is 1. The summed E-state index contributed by atoms with van der Waals surface area (Å²) in [5, 5.41) is 16.9. The van der Waals surface area contributed by atoms with Gasteiger partial charge in [-0.15, -0.1) is 20.4 Å². The van der Waals surface area contributed by atoms with Crippen LogP contribution < -0.4 is 0 Å². The van der Waals surface area contributed by atoms with Gasteiger partial charge in [0.15, 0.2) is 5.16 Å². The Bertz CT molecular complexity index is 724. The molecule has 0 fully saturated rings. The molecule has 2 heterocycles. The lowest BCUT2D eigenvalue weighted by molar-refractivity contribution is 0.528. The molecule has 0 saturated carbocycles. The summed E-state index contributed by atoms with van der Waals surface area (Å²) in [5.41, 5.74) is 0.902. The summed E-state index contributed by atoms with van der Waals surface area (Å²) in [6, 6.07) is 7.75. The molecular formula is C13H12BrN5OS. The fourth-order valence-electron chi connectivity index (χ4n) is 1.72. The number of hydrogen-bond acceptors (Lipinski definition) is 6. The maximum absolute atomic E-state index is 5.67. The second-order valence-corrected chi connectivity index (χ2v) is 6.05. The van der Waals surface area contributed by atoms with Crippen molar-refractivity contribution in [2.75, 3.05) is 0 Å². The summed E-state index contributed by atoms with van der Waals surface area (Å²) in [4.78, 5) is 0. The Balaban J connectivity index is 1.69. The quantitative estimate of drug-likeness (QED) is 0.645. The molecule has 0 aliphatic rings. The molecule has 108 valence electrons. The lowest BCUT2D eigenvalue weighted by Crippen LogP contribution is -1.94. The zero-order valence-electron chi connectivity index (χ0n) is 11.2. The number of rotatable bonds is 5. The van der Waals surface area contributed by atoms with Crippen molar-refractivity contribution < 1.29 is 4.42 Å². The maximum Gasteiger partial charge on any atom is 0.247 e. The summed E-state index contributed by atoms with van der Waals surface area (Å²) < 4.78 is 8.65. The van der Waals surface area contributed by atoms with E-state index in [1.165, 1.54) is 11.8 Å². The summed E-state index contributed by atoms with van der Waals surface area (Å²) in [6.07, 6.45) is 1.71. The second-order valence-electron chi connectivity index (χ2n) is 4.20. The molecule has 2 aromatic heterocycles. The molecule has 1 aromatic carbocycles. The normalized spacial score (nSPS) is 11.0. The van der Waals surface area contributed by atoms with Crippen LogP contribution in [0.1, 0.15) is 12.8 Å². The molecule has 0 aliphatic heterocycles. The van der Waals surface area contributed by atoms with Gasteiger partial charge in [0.25, 0.3) is 0 Å². The first kappa shape index (κ1) is 14.3. The molecule has 0 saturated heterocycles. The van der Waals surface area contributed by atoms with Crippen molar-refractivity contribution >= 4 is 27.7 Å².